The summed E-state index contributed by atoms with van der Waals surface area (Å²) in [5.74, 6) is 0.119. The number of benzene rings is 3. The quantitative estimate of drug-likeness (QED) is 0.582. The van der Waals surface area contributed by atoms with Gasteiger partial charge in [0.05, 0.1) is 36.6 Å². The monoisotopic (exact) mass is 435 g/mol. The van der Waals surface area contributed by atoms with E-state index in [0.717, 1.165) is 0 Å². The smallest absolute Gasteiger partial charge is 0.255 e. The van der Waals surface area contributed by atoms with Gasteiger partial charge in [-0.1, -0.05) is 17.7 Å². The van der Waals surface area contributed by atoms with Crippen LogP contribution in [0.4, 0.5) is 11.4 Å². The molecular weight excluding hydrogens is 418 g/mol. The van der Waals surface area contributed by atoms with Gasteiger partial charge in [0.15, 0.2) is 11.5 Å². The number of ether oxygens (including phenoxy) is 2. The van der Waals surface area contributed by atoms with Crippen molar-refractivity contribution >= 4 is 34.8 Å². The Bertz CT molecular complexity index is 1190. The third-order valence-electron chi connectivity index (χ3n) is 4.37. The zero-order valence-electron chi connectivity index (χ0n) is 16.7. The third-order valence-corrected chi connectivity index (χ3v) is 4.70. The molecular formula is C23H18ClN3O4. The summed E-state index contributed by atoms with van der Waals surface area (Å²) in [5.41, 5.74) is 1.82. The van der Waals surface area contributed by atoms with Gasteiger partial charge >= 0.3 is 0 Å². The number of rotatable bonds is 6. The van der Waals surface area contributed by atoms with Crippen molar-refractivity contribution in [1.29, 1.82) is 5.26 Å². The molecule has 0 fully saturated rings. The zero-order chi connectivity index (χ0) is 22.4. The van der Waals surface area contributed by atoms with Gasteiger partial charge in [0.2, 0.25) is 0 Å². The summed E-state index contributed by atoms with van der Waals surface area (Å²) in [5, 5.41) is 14.7. The number of nitrogens with one attached hydrogen (secondary N) is 2. The molecule has 0 aliphatic heterocycles. The van der Waals surface area contributed by atoms with Gasteiger partial charge in [-0.2, -0.15) is 5.26 Å². The van der Waals surface area contributed by atoms with Crippen LogP contribution < -0.4 is 20.1 Å². The van der Waals surface area contributed by atoms with Crippen molar-refractivity contribution in [2.24, 2.45) is 0 Å². The van der Waals surface area contributed by atoms with Crippen molar-refractivity contribution < 1.29 is 19.1 Å². The molecule has 8 heteroatoms. The number of hydrogen-bond acceptors (Lipinski definition) is 5. The van der Waals surface area contributed by atoms with Crippen molar-refractivity contribution in [3.05, 3.63) is 82.4 Å². The van der Waals surface area contributed by atoms with Crippen molar-refractivity contribution in [2.45, 2.75) is 0 Å². The van der Waals surface area contributed by atoms with Gasteiger partial charge in [0.1, 0.15) is 0 Å². The van der Waals surface area contributed by atoms with Crippen molar-refractivity contribution in [3.8, 4) is 17.6 Å². The van der Waals surface area contributed by atoms with Gasteiger partial charge in [-0.15, -0.1) is 0 Å². The summed E-state index contributed by atoms with van der Waals surface area (Å²) in [6, 6.07) is 17.8. The molecule has 2 amide bonds. The lowest BCUT2D eigenvalue weighted by molar-refractivity contribution is 0.101. The summed E-state index contributed by atoms with van der Waals surface area (Å²) >= 11 is 6.22. The minimum absolute atomic E-state index is 0.304. The van der Waals surface area contributed by atoms with E-state index < -0.39 is 11.8 Å². The summed E-state index contributed by atoms with van der Waals surface area (Å²) in [7, 11) is 2.99. The second-order valence-electron chi connectivity index (χ2n) is 6.37. The predicted octanol–water partition coefficient (Wildman–Crippen LogP) is 4.73. The molecule has 7 nitrogen and oxygen atoms in total. The van der Waals surface area contributed by atoms with E-state index in [-0.39, 0.29) is 0 Å². The molecule has 3 rings (SSSR count). The Kier molecular flexibility index (Phi) is 6.75. The number of methoxy groups -OCH3 is 2. The van der Waals surface area contributed by atoms with Crippen LogP contribution in [-0.4, -0.2) is 26.0 Å². The van der Waals surface area contributed by atoms with Gasteiger partial charge < -0.3 is 20.1 Å². The maximum Gasteiger partial charge on any atom is 0.255 e. The molecule has 0 bridgehead atoms. The molecule has 3 aromatic rings. The SMILES string of the molecule is COc1ccc(C(=O)Nc2cc(NC(=O)c3cccc(C#N)c3)ccc2Cl)cc1OC. The largest absolute Gasteiger partial charge is 0.493 e. The summed E-state index contributed by atoms with van der Waals surface area (Å²) in [4.78, 5) is 25.2. The summed E-state index contributed by atoms with van der Waals surface area (Å²) < 4.78 is 10.4. The number of anilines is 2. The maximum absolute atomic E-state index is 12.7. The first-order valence-electron chi connectivity index (χ1n) is 9.09. The van der Waals surface area contributed by atoms with Crippen LogP contribution in [0.5, 0.6) is 11.5 Å². The highest BCUT2D eigenvalue weighted by Gasteiger charge is 2.14. The topological polar surface area (TPSA) is 100 Å². The second-order valence-corrected chi connectivity index (χ2v) is 6.77. The van der Waals surface area contributed by atoms with Crippen molar-refractivity contribution in [3.63, 3.8) is 0 Å². The van der Waals surface area contributed by atoms with Crippen LogP contribution in [0.15, 0.2) is 60.7 Å². The molecule has 0 heterocycles. The van der Waals surface area contributed by atoms with Crippen LogP contribution in [0.25, 0.3) is 0 Å². The number of nitrogens with zero attached hydrogens (tertiary/aromatic N) is 1. The van der Waals surface area contributed by atoms with Gasteiger partial charge in [0, 0.05) is 16.8 Å². The van der Waals surface area contributed by atoms with E-state index in [4.69, 9.17) is 26.3 Å². The van der Waals surface area contributed by atoms with E-state index >= 15 is 0 Å². The fourth-order valence-electron chi connectivity index (χ4n) is 2.80. The number of carbonyl (C=O) groups excluding carboxylic acids is 2. The Labute approximate surface area is 184 Å². The van der Waals surface area contributed by atoms with E-state index in [1.807, 2.05) is 6.07 Å². The molecule has 3 aromatic carbocycles. The molecule has 0 spiro atoms. The van der Waals surface area contributed by atoms with Crippen LogP contribution in [0.2, 0.25) is 5.02 Å². The molecule has 0 unspecified atom stereocenters. The Balaban J connectivity index is 1.79. The van der Waals surface area contributed by atoms with Gasteiger partial charge in [-0.05, 0) is 54.6 Å². The van der Waals surface area contributed by atoms with Crippen molar-refractivity contribution in [1.82, 2.24) is 0 Å². The first-order chi connectivity index (χ1) is 14.9. The molecule has 0 radical (unpaired) electrons. The van der Waals surface area contributed by atoms with Crippen LogP contribution in [0.3, 0.4) is 0 Å². The van der Waals surface area contributed by atoms with Gasteiger partial charge in [0.25, 0.3) is 11.8 Å². The van der Waals surface area contributed by atoms with Crippen LogP contribution in [-0.2, 0) is 0 Å². The minimum atomic E-state index is -0.409. The predicted molar refractivity (Wildman–Crippen MR) is 118 cm³/mol. The van der Waals surface area contributed by atoms with E-state index in [1.165, 1.54) is 20.3 Å². The van der Waals surface area contributed by atoms with E-state index in [0.29, 0.717) is 44.6 Å². The number of hydrogen-bond donors (Lipinski definition) is 2. The average Bonchev–Trinajstić information content (AvgIpc) is 2.80. The molecule has 0 saturated heterocycles. The third kappa shape index (κ3) is 5.13. The number of halogens is 1. The Morgan fingerprint density at radius 1 is 0.871 bits per heavy atom. The fraction of sp³-hybridized carbons (Fsp3) is 0.0870. The van der Waals surface area contributed by atoms with E-state index in [2.05, 4.69) is 10.6 Å². The average molecular weight is 436 g/mol. The lowest BCUT2D eigenvalue weighted by Gasteiger charge is -2.12. The number of amides is 2. The Morgan fingerprint density at radius 2 is 1.58 bits per heavy atom. The standard InChI is InChI=1S/C23H18ClN3O4/c1-30-20-9-6-16(11-21(20)31-2)23(29)27-19-12-17(7-8-18(19)24)26-22(28)15-5-3-4-14(10-15)13-25/h3-12H,1-2H3,(H,26,28)(H,27,29). The number of nitriles is 1. The fourth-order valence-corrected chi connectivity index (χ4v) is 2.97. The maximum atomic E-state index is 12.7. The highest BCUT2D eigenvalue weighted by molar-refractivity contribution is 6.34. The van der Waals surface area contributed by atoms with E-state index in [1.54, 1.807) is 54.6 Å². The van der Waals surface area contributed by atoms with Crippen LogP contribution in [0, 0.1) is 11.3 Å². The first kappa shape index (κ1) is 21.7. The second kappa shape index (κ2) is 9.65. The lowest BCUT2D eigenvalue weighted by Crippen LogP contribution is -2.14. The van der Waals surface area contributed by atoms with Gasteiger partial charge in [-0.25, -0.2) is 0 Å². The highest BCUT2D eigenvalue weighted by atomic mass is 35.5. The number of carbonyl (C=O) groups is 2. The first-order valence-corrected chi connectivity index (χ1v) is 9.47. The Hall–Kier alpha value is -4.02. The minimum Gasteiger partial charge on any atom is -0.493 e. The zero-order valence-corrected chi connectivity index (χ0v) is 17.5. The van der Waals surface area contributed by atoms with Crippen LogP contribution in [0.1, 0.15) is 26.3 Å². The molecule has 31 heavy (non-hydrogen) atoms. The summed E-state index contributed by atoms with van der Waals surface area (Å²) in [6.45, 7) is 0. The highest BCUT2D eigenvalue weighted by Crippen LogP contribution is 2.30. The summed E-state index contributed by atoms with van der Waals surface area (Å²) in [6.07, 6.45) is 0. The molecule has 2 N–H and O–H groups in total. The Morgan fingerprint density at radius 3 is 2.29 bits per heavy atom. The normalized spacial score (nSPS) is 10.0. The molecule has 156 valence electrons. The van der Waals surface area contributed by atoms with Crippen molar-refractivity contribution in [2.75, 3.05) is 24.9 Å². The molecule has 0 atom stereocenters. The molecule has 0 saturated carbocycles. The van der Waals surface area contributed by atoms with Crippen LogP contribution >= 0.6 is 11.6 Å². The lowest BCUT2D eigenvalue weighted by atomic mass is 10.1. The molecule has 0 aliphatic rings. The molecule has 0 aromatic heterocycles. The molecule has 0 aliphatic carbocycles. The van der Waals surface area contributed by atoms with E-state index in [9.17, 15) is 9.59 Å². The van der Waals surface area contributed by atoms with Gasteiger partial charge in [-0.3, -0.25) is 9.59 Å².